The van der Waals surface area contributed by atoms with Crippen molar-refractivity contribution in [2.24, 2.45) is 5.84 Å². The standard InChI is InChI=1S/C19H15N3/c20-22(14-8-2-1-3-9-14)19-15-10-4-6-12-17(15)21-18-13-7-5-11-16(18)19/h1-13H,20H2. The van der Waals surface area contributed by atoms with Crippen LogP contribution in [0.15, 0.2) is 78.9 Å². The van der Waals surface area contributed by atoms with Gasteiger partial charge in [0.05, 0.1) is 22.4 Å². The third-order valence-electron chi connectivity index (χ3n) is 3.83. The van der Waals surface area contributed by atoms with Crippen LogP contribution in [0, 0.1) is 0 Å². The summed E-state index contributed by atoms with van der Waals surface area (Å²) in [7, 11) is 0. The van der Waals surface area contributed by atoms with Crippen LogP contribution >= 0.6 is 0 Å². The predicted octanol–water partition coefficient (Wildman–Crippen LogP) is 4.40. The van der Waals surface area contributed by atoms with Crippen LogP contribution in [-0.4, -0.2) is 4.98 Å². The molecule has 0 saturated heterocycles. The van der Waals surface area contributed by atoms with Crippen LogP contribution < -0.4 is 10.9 Å². The summed E-state index contributed by atoms with van der Waals surface area (Å²) in [5, 5.41) is 3.84. The van der Waals surface area contributed by atoms with Gasteiger partial charge in [0.1, 0.15) is 0 Å². The maximum absolute atomic E-state index is 6.45. The van der Waals surface area contributed by atoms with E-state index < -0.39 is 0 Å². The zero-order valence-corrected chi connectivity index (χ0v) is 12.0. The minimum Gasteiger partial charge on any atom is -0.278 e. The zero-order valence-electron chi connectivity index (χ0n) is 12.0. The molecule has 0 aliphatic rings. The second kappa shape index (κ2) is 5.13. The van der Waals surface area contributed by atoms with Gasteiger partial charge in [-0.1, -0.05) is 54.6 Å². The Balaban J connectivity index is 2.08. The van der Waals surface area contributed by atoms with E-state index >= 15 is 0 Å². The quantitative estimate of drug-likeness (QED) is 0.337. The second-order valence-electron chi connectivity index (χ2n) is 5.20. The average molecular weight is 285 g/mol. The first-order chi connectivity index (χ1) is 10.8. The van der Waals surface area contributed by atoms with Crippen molar-refractivity contribution in [2.75, 3.05) is 5.01 Å². The van der Waals surface area contributed by atoms with Gasteiger partial charge in [-0.05, 0) is 24.3 Å². The van der Waals surface area contributed by atoms with Crippen LogP contribution in [0.4, 0.5) is 11.4 Å². The Hall–Kier alpha value is -2.91. The number of hydrazine groups is 1. The minimum absolute atomic E-state index is 0.947. The number of benzene rings is 3. The van der Waals surface area contributed by atoms with Crippen molar-refractivity contribution in [3.8, 4) is 0 Å². The molecular weight excluding hydrogens is 270 g/mol. The van der Waals surface area contributed by atoms with Crippen LogP contribution in [0.2, 0.25) is 0 Å². The fourth-order valence-electron chi connectivity index (χ4n) is 2.79. The van der Waals surface area contributed by atoms with Crippen LogP contribution in [0.5, 0.6) is 0 Å². The number of nitrogens with two attached hydrogens (primary N) is 1. The summed E-state index contributed by atoms with van der Waals surface area (Å²) in [5.74, 6) is 6.45. The van der Waals surface area contributed by atoms with Crippen molar-refractivity contribution in [2.45, 2.75) is 0 Å². The molecular formula is C19H15N3. The molecule has 22 heavy (non-hydrogen) atoms. The van der Waals surface area contributed by atoms with E-state index in [2.05, 4.69) is 12.1 Å². The Kier molecular flexibility index (Phi) is 2.99. The predicted molar refractivity (Wildman–Crippen MR) is 92.0 cm³/mol. The molecule has 0 radical (unpaired) electrons. The number of anilines is 2. The molecule has 4 rings (SSSR count). The summed E-state index contributed by atoms with van der Waals surface area (Å²) in [6.45, 7) is 0. The van der Waals surface area contributed by atoms with Crippen molar-refractivity contribution >= 4 is 33.2 Å². The number of nitrogens with zero attached hydrogens (tertiary/aromatic N) is 2. The maximum atomic E-state index is 6.45. The van der Waals surface area contributed by atoms with Gasteiger partial charge in [-0.25, -0.2) is 10.8 Å². The molecule has 3 heteroatoms. The molecule has 4 aromatic rings. The monoisotopic (exact) mass is 285 g/mol. The van der Waals surface area contributed by atoms with Crippen molar-refractivity contribution < 1.29 is 0 Å². The van der Waals surface area contributed by atoms with E-state index in [0.717, 1.165) is 33.2 Å². The Morgan fingerprint density at radius 2 is 1.14 bits per heavy atom. The molecule has 0 amide bonds. The number of fused-ring (bicyclic) bond motifs is 2. The van der Waals surface area contributed by atoms with E-state index in [9.17, 15) is 0 Å². The summed E-state index contributed by atoms with van der Waals surface area (Å²) in [6, 6.07) is 26.2. The molecule has 3 aromatic carbocycles. The number of pyridine rings is 1. The zero-order chi connectivity index (χ0) is 14.9. The van der Waals surface area contributed by atoms with Crippen LogP contribution in [0.25, 0.3) is 21.8 Å². The molecule has 0 unspecified atom stereocenters. The summed E-state index contributed by atoms with van der Waals surface area (Å²) in [4.78, 5) is 4.73. The smallest absolute Gasteiger partial charge is 0.0763 e. The number of para-hydroxylation sites is 3. The fraction of sp³-hybridized carbons (Fsp3) is 0. The summed E-state index contributed by atoms with van der Waals surface area (Å²) >= 11 is 0. The first-order valence-corrected chi connectivity index (χ1v) is 7.22. The topological polar surface area (TPSA) is 42.1 Å². The van der Waals surface area contributed by atoms with E-state index in [1.54, 1.807) is 5.01 Å². The van der Waals surface area contributed by atoms with E-state index in [-0.39, 0.29) is 0 Å². The van der Waals surface area contributed by atoms with E-state index in [1.807, 2.05) is 66.7 Å². The summed E-state index contributed by atoms with van der Waals surface area (Å²) in [6.07, 6.45) is 0. The van der Waals surface area contributed by atoms with Crippen molar-refractivity contribution in [1.82, 2.24) is 4.98 Å². The fourth-order valence-corrected chi connectivity index (χ4v) is 2.79. The molecule has 0 aliphatic carbocycles. The molecule has 0 spiro atoms. The van der Waals surface area contributed by atoms with Gasteiger partial charge in [0.25, 0.3) is 0 Å². The lowest BCUT2D eigenvalue weighted by atomic mass is 10.1. The summed E-state index contributed by atoms with van der Waals surface area (Å²) in [5.41, 5.74) is 3.82. The minimum atomic E-state index is 0.947. The lowest BCUT2D eigenvalue weighted by molar-refractivity contribution is 1.10. The highest BCUT2D eigenvalue weighted by Gasteiger charge is 2.14. The van der Waals surface area contributed by atoms with Crippen molar-refractivity contribution in [3.63, 3.8) is 0 Å². The second-order valence-corrected chi connectivity index (χ2v) is 5.20. The lowest BCUT2D eigenvalue weighted by Crippen LogP contribution is -2.25. The van der Waals surface area contributed by atoms with Crippen LogP contribution in [0.1, 0.15) is 0 Å². The highest BCUT2D eigenvalue weighted by molar-refractivity contribution is 6.08. The summed E-state index contributed by atoms with van der Waals surface area (Å²) < 4.78 is 0. The van der Waals surface area contributed by atoms with Gasteiger partial charge in [0.15, 0.2) is 0 Å². The molecule has 3 nitrogen and oxygen atoms in total. The molecule has 0 saturated carbocycles. The third kappa shape index (κ3) is 2.00. The molecule has 0 atom stereocenters. The molecule has 0 aliphatic heterocycles. The first-order valence-electron chi connectivity index (χ1n) is 7.22. The van der Waals surface area contributed by atoms with Gasteiger partial charge in [-0.15, -0.1) is 0 Å². The average Bonchev–Trinajstić information content (AvgIpc) is 2.60. The van der Waals surface area contributed by atoms with Gasteiger partial charge in [-0.2, -0.15) is 0 Å². The molecule has 1 aromatic heterocycles. The van der Waals surface area contributed by atoms with Gasteiger partial charge < -0.3 is 0 Å². The Morgan fingerprint density at radius 1 is 0.636 bits per heavy atom. The lowest BCUT2D eigenvalue weighted by Gasteiger charge is -2.22. The van der Waals surface area contributed by atoms with Gasteiger partial charge in [0.2, 0.25) is 0 Å². The normalized spacial score (nSPS) is 11.0. The largest absolute Gasteiger partial charge is 0.278 e. The maximum Gasteiger partial charge on any atom is 0.0763 e. The number of hydrogen-bond donors (Lipinski definition) is 1. The Bertz CT molecular complexity index is 894. The van der Waals surface area contributed by atoms with Crippen molar-refractivity contribution in [3.05, 3.63) is 78.9 Å². The number of hydrogen-bond acceptors (Lipinski definition) is 3. The molecule has 0 fully saturated rings. The SMILES string of the molecule is NN(c1ccccc1)c1c2ccccc2nc2ccccc12. The molecule has 106 valence electrons. The molecule has 1 heterocycles. The highest BCUT2D eigenvalue weighted by atomic mass is 15.4. The highest BCUT2D eigenvalue weighted by Crippen LogP contribution is 2.35. The Labute approximate surface area is 128 Å². The van der Waals surface area contributed by atoms with Gasteiger partial charge >= 0.3 is 0 Å². The molecule has 0 bridgehead atoms. The van der Waals surface area contributed by atoms with E-state index in [1.165, 1.54) is 0 Å². The number of aromatic nitrogens is 1. The van der Waals surface area contributed by atoms with Gasteiger partial charge in [0, 0.05) is 10.8 Å². The van der Waals surface area contributed by atoms with Crippen LogP contribution in [-0.2, 0) is 0 Å². The van der Waals surface area contributed by atoms with Gasteiger partial charge in [-0.3, -0.25) is 5.01 Å². The number of rotatable bonds is 2. The van der Waals surface area contributed by atoms with E-state index in [4.69, 9.17) is 10.8 Å². The Morgan fingerprint density at radius 3 is 1.73 bits per heavy atom. The van der Waals surface area contributed by atoms with Crippen molar-refractivity contribution in [1.29, 1.82) is 0 Å². The molecule has 2 N–H and O–H groups in total. The third-order valence-corrected chi connectivity index (χ3v) is 3.83. The van der Waals surface area contributed by atoms with Crippen LogP contribution in [0.3, 0.4) is 0 Å². The first kappa shape index (κ1) is 12.8. The van der Waals surface area contributed by atoms with E-state index in [0.29, 0.717) is 0 Å².